The van der Waals surface area contributed by atoms with Gasteiger partial charge in [-0.3, -0.25) is 0 Å². The van der Waals surface area contributed by atoms with Crippen molar-refractivity contribution in [1.82, 2.24) is 9.44 Å². The summed E-state index contributed by atoms with van der Waals surface area (Å²) >= 11 is 0. The van der Waals surface area contributed by atoms with E-state index in [1.807, 2.05) is 42.5 Å². The highest BCUT2D eigenvalue weighted by Crippen LogP contribution is 2.20. The molecule has 0 aromatic heterocycles. The van der Waals surface area contributed by atoms with Crippen molar-refractivity contribution in [2.24, 2.45) is 5.73 Å². The first-order valence-electron chi connectivity index (χ1n) is 6.89. The van der Waals surface area contributed by atoms with Crippen molar-refractivity contribution in [3.63, 3.8) is 0 Å². The van der Waals surface area contributed by atoms with Crippen LogP contribution in [0.4, 0.5) is 0 Å². The molecule has 1 unspecified atom stereocenters. The topological polar surface area (TPSA) is 84.2 Å². The maximum Gasteiger partial charge on any atom is 0.277 e. The molecule has 4 N–H and O–H groups in total. The number of rotatable bonds is 6. The summed E-state index contributed by atoms with van der Waals surface area (Å²) in [4.78, 5) is 0. The molecule has 0 aliphatic carbocycles. The monoisotopic (exact) mass is 343 g/mol. The van der Waals surface area contributed by atoms with Crippen molar-refractivity contribution in [2.75, 3.05) is 6.54 Å². The van der Waals surface area contributed by atoms with Gasteiger partial charge in [0.15, 0.2) is 0 Å². The first-order valence-corrected chi connectivity index (χ1v) is 8.38. The lowest BCUT2D eigenvalue weighted by molar-refractivity contribution is 0.535. The molecule has 2 aromatic rings. The van der Waals surface area contributed by atoms with Crippen molar-refractivity contribution >= 4 is 33.4 Å². The molecule has 122 valence electrons. The van der Waals surface area contributed by atoms with Gasteiger partial charge in [-0.05, 0) is 36.2 Å². The van der Waals surface area contributed by atoms with E-state index in [-0.39, 0.29) is 25.0 Å². The zero-order valence-corrected chi connectivity index (χ0v) is 14.2. The van der Waals surface area contributed by atoms with Crippen LogP contribution in [0.1, 0.15) is 25.5 Å². The molecule has 0 spiro atoms. The molecule has 1 atom stereocenters. The first-order chi connectivity index (χ1) is 9.91. The highest BCUT2D eigenvalue weighted by atomic mass is 35.5. The van der Waals surface area contributed by atoms with E-state index < -0.39 is 16.3 Å². The molecular weight excluding hydrogens is 322 g/mol. The fraction of sp³-hybridized carbons (Fsp3) is 0.333. The Bertz CT molecular complexity index is 720. The molecular formula is C15H22ClN3O2S. The molecule has 2 aromatic carbocycles. The van der Waals surface area contributed by atoms with E-state index in [1.165, 1.54) is 0 Å². The highest BCUT2D eigenvalue weighted by Gasteiger charge is 2.19. The summed E-state index contributed by atoms with van der Waals surface area (Å²) in [7, 11) is -3.57. The fourth-order valence-corrected chi connectivity index (χ4v) is 3.50. The Kier molecular flexibility index (Phi) is 6.77. The van der Waals surface area contributed by atoms with Crippen LogP contribution in [0.5, 0.6) is 0 Å². The molecule has 0 amide bonds. The first kappa shape index (κ1) is 18.9. The fourth-order valence-electron chi connectivity index (χ4n) is 2.21. The van der Waals surface area contributed by atoms with Crippen LogP contribution in [-0.2, 0) is 10.2 Å². The predicted octanol–water partition coefficient (Wildman–Crippen LogP) is 2.09. The molecule has 5 nitrogen and oxygen atoms in total. The van der Waals surface area contributed by atoms with Crippen LogP contribution in [0.25, 0.3) is 10.8 Å². The van der Waals surface area contributed by atoms with E-state index in [2.05, 4.69) is 9.44 Å². The maximum atomic E-state index is 12.0. The second-order valence-electron chi connectivity index (χ2n) is 5.29. The van der Waals surface area contributed by atoms with Gasteiger partial charge in [-0.2, -0.15) is 17.9 Å². The van der Waals surface area contributed by atoms with Gasteiger partial charge in [-0.1, -0.05) is 36.4 Å². The molecule has 0 aliphatic heterocycles. The van der Waals surface area contributed by atoms with Gasteiger partial charge in [0.1, 0.15) is 0 Å². The summed E-state index contributed by atoms with van der Waals surface area (Å²) in [5, 5.41) is 2.17. The van der Waals surface area contributed by atoms with E-state index in [1.54, 1.807) is 13.8 Å². The lowest BCUT2D eigenvalue weighted by Crippen LogP contribution is -2.43. The largest absolute Gasteiger partial charge is 0.329 e. The Labute approximate surface area is 137 Å². The number of hydrogen-bond donors (Lipinski definition) is 3. The van der Waals surface area contributed by atoms with Crippen LogP contribution in [0, 0.1) is 0 Å². The van der Waals surface area contributed by atoms with Gasteiger partial charge >= 0.3 is 0 Å². The van der Waals surface area contributed by atoms with Crippen molar-refractivity contribution < 1.29 is 8.42 Å². The molecule has 0 saturated carbocycles. The Hall–Kier alpha value is -1.18. The molecule has 0 bridgehead atoms. The molecule has 0 fully saturated rings. The second kappa shape index (κ2) is 7.89. The normalized spacial score (nSPS) is 13.1. The Morgan fingerprint density at radius 1 is 1.05 bits per heavy atom. The summed E-state index contributed by atoms with van der Waals surface area (Å²) in [5.41, 5.74) is 6.58. The quantitative estimate of drug-likeness (QED) is 0.751. The molecule has 2 rings (SSSR count). The second-order valence-corrected chi connectivity index (χ2v) is 6.77. The van der Waals surface area contributed by atoms with Gasteiger partial charge in [0.05, 0.1) is 6.04 Å². The molecule has 0 aliphatic rings. The lowest BCUT2D eigenvalue weighted by Gasteiger charge is -2.19. The molecule has 22 heavy (non-hydrogen) atoms. The molecule has 0 heterocycles. The van der Waals surface area contributed by atoms with Crippen molar-refractivity contribution in [2.45, 2.75) is 25.9 Å². The third kappa shape index (κ3) is 4.93. The van der Waals surface area contributed by atoms with Gasteiger partial charge < -0.3 is 5.73 Å². The minimum atomic E-state index is -3.57. The molecule has 0 radical (unpaired) electrons. The van der Waals surface area contributed by atoms with Crippen LogP contribution in [0.15, 0.2) is 42.5 Å². The minimum Gasteiger partial charge on any atom is -0.329 e. The van der Waals surface area contributed by atoms with Gasteiger partial charge in [0, 0.05) is 12.6 Å². The Morgan fingerprint density at radius 3 is 2.27 bits per heavy atom. The van der Waals surface area contributed by atoms with Gasteiger partial charge in [0.2, 0.25) is 0 Å². The summed E-state index contributed by atoms with van der Waals surface area (Å²) < 4.78 is 29.0. The zero-order chi connectivity index (χ0) is 15.5. The van der Waals surface area contributed by atoms with Crippen molar-refractivity contribution in [3.8, 4) is 0 Å². The van der Waals surface area contributed by atoms with Crippen molar-refractivity contribution in [3.05, 3.63) is 48.0 Å². The lowest BCUT2D eigenvalue weighted by atomic mass is 10.0. The zero-order valence-electron chi connectivity index (χ0n) is 12.6. The Morgan fingerprint density at radius 2 is 1.68 bits per heavy atom. The standard InChI is InChI=1S/C15H21N3O2S.ClH/c1-11(2)17-21(19,20)18-15(10-16)14-8-7-12-5-3-4-6-13(12)9-14;/h3-9,11,15,17-18H,10,16H2,1-2H3;1H. The van der Waals surface area contributed by atoms with E-state index >= 15 is 0 Å². The molecule has 7 heteroatoms. The number of nitrogens with two attached hydrogens (primary N) is 1. The SMILES string of the molecule is CC(C)NS(=O)(=O)NC(CN)c1ccc2ccccc2c1.Cl. The number of benzene rings is 2. The minimum absolute atomic E-state index is 0. The van der Waals surface area contributed by atoms with Crippen molar-refractivity contribution in [1.29, 1.82) is 0 Å². The van der Waals surface area contributed by atoms with Gasteiger partial charge in [0.25, 0.3) is 10.2 Å². The van der Waals surface area contributed by atoms with E-state index in [9.17, 15) is 8.42 Å². The van der Waals surface area contributed by atoms with Crippen LogP contribution < -0.4 is 15.2 Å². The van der Waals surface area contributed by atoms with E-state index in [0.29, 0.717) is 0 Å². The summed E-state index contributed by atoms with van der Waals surface area (Å²) in [6, 6.07) is 13.1. The van der Waals surface area contributed by atoms with Crippen LogP contribution in [0.3, 0.4) is 0 Å². The highest BCUT2D eigenvalue weighted by molar-refractivity contribution is 7.87. The summed E-state index contributed by atoms with van der Waals surface area (Å²) in [5.74, 6) is 0. The van der Waals surface area contributed by atoms with E-state index in [0.717, 1.165) is 16.3 Å². The summed E-state index contributed by atoms with van der Waals surface area (Å²) in [6.07, 6.45) is 0. The Balaban J connectivity index is 0.00000242. The number of nitrogens with one attached hydrogen (secondary N) is 2. The number of fused-ring (bicyclic) bond motifs is 1. The summed E-state index contributed by atoms with van der Waals surface area (Å²) in [6.45, 7) is 3.73. The van der Waals surface area contributed by atoms with Gasteiger partial charge in [-0.25, -0.2) is 0 Å². The van der Waals surface area contributed by atoms with Crippen LogP contribution in [0.2, 0.25) is 0 Å². The smallest absolute Gasteiger partial charge is 0.277 e. The van der Waals surface area contributed by atoms with Crippen LogP contribution >= 0.6 is 12.4 Å². The van der Waals surface area contributed by atoms with Crippen LogP contribution in [-0.4, -0.2) is 21.0 Å². The maximum absolute atomic E-state index is 12.0. The average Bonchev–Trinajstić information content (AvgIpc) is 2.43. The molecule has 0 saturated heterocycles. The average molecular weight is 344 g/mol. The van der Waals surface area contributed by atoms with E-state index in [4.69, 9.17) is 5.73 Å². The van der Waals surface area contributed by atoms with Gasteiger partial charge in [-0.15, -0.1) is 12.4 Å². The number of hydrogen-bond acceptors (Lipinski definition) is 3. The third-order valence-electron chi connectivity index (χ3n) is 3.10. The predicted molar refractivity (Wildman–Crippen MR) is 93.3 cm³/mol. The number of halogens is 1. The third-order valence-corrected chi connectivity index (χ3v) is 4.48.